The molecule has 3 aromatic rings. The Hall–Kier alpha value is -2.98. The molecule has 1 aromatic heterocycles. The van der Waals surface area contributed by atoms with Gasteiger partial charge in [-0.2, -0.15) is 0 Å². The van der Waals surface area contributed by atoms with E-state index in [9.17, 15) is 14.9 Å². The van der Waals surface area contributed by atoms with Crippen LogP contribution in [0.25, 0.3) is 0 Å². The summed E-state index contributed by atoms with van der Waals surface area (Å²) in [6.07, 6.45) is 0. The van der Waals surface area contributed by atoms with Gasteiger partial charge in [-0.25, -0.2) is 0 Å². The smallest absolute Gasteiger partial charge is 0.269 e. The summed E-state index contributed by atoms with van der Waals surface area (Å²) in [7, 11) is 1.64. The van der Waals surface area contributed by atoms with Crippen molar-refractivity contribution in [3.05, 3.63) is 70.3 Å². The van der Waals surface area contributed by atoms with E-state index in [-0.39, 0.29) is 17.3 Å². The molecule has 0 saturated heterocycles. The number of carbonyl (C=O) groups is 1. The summed E-state index contributed by atoms with van der Waals surface area (Å²) < 4.78 is 0.695. The number of hydrogen-bond donors (Lipinski definition) is 1. The Morgan fingerprint density at radius 3 is 2.57 bits per heavy atom. The number of benzene rings is 2. The van der Waals surface area contributed by atoms with Gasteiger partial charge in [-0.3, -0.25) is 14.9 Å². The maximum Gasteiger partial charge on any atom is 0.269 e. The molecule has 0 aliphatic heterocycles. The van der Waals surface area contributed by atoms with Gasteiger partial charge < -0.3 is 10.2 Å². The third-order valence-electron chi connectivity index (χ3n) is 3.83. The highest BCUT2D eigenvalue weighted by Crippen LogP contribution is 2.27. The van der Waals surface area contributed by atoms with Crippen molar-refractivity contribution in [3.63, 3.8) is 0 Å². The van der Waals surface area contributed by atoms with Gasteiger partial charge in [-0.15, -0.1) is 10.2 Å². The highest BCUT2D eigenvalue weighted by Gasteiger charge is 2.14. The number of aromatic nitrogens is 2. The summed E-state index contributed by atoms with van der Waals surface area (Å²) in [5.74, 6) is 0.0636. The third-order valence-corrected chi connectivity index (χ3v) is 5.83. The monoisotopic (exact) mass is 415 g/mol. The lowest BCUT2D eigenvalue weighted by Gasteiger charge is -2.16. The molecule has 1 N–H and O–H groups in total. The number of thioether (sulfide) groups is 1. The molecule has 0 radical (unpaired) electrons. The number of carbonyl (C=O) groups excluding carboxylic acids is 1. The Morgan fingerprint density at radius 2 is 1.89 bits per heavy atom. The van der Waals surface area contributed by atoms with E-state index < -0.39 is 4.92 Å². The van der Waals surface area contributed by atoms with Crippen molar-refractivity contribution in [3.8, 4) is 0 Å². The van der Waals surface area contributed by atoms with E-state index in [1.165, 1.54) is 40.1 Å². The molecule has 28 heavy (non-hydrogen) atoms. The summed E-state index contributed by atoms with van der Waals surface area (Å²) in [4.78, 5) is 24.1. The van der Waals surface area contributed by atoms with Gasteiger partial charge >= 0.3 is 0 Å². The number of hydrogen-bond acceptors (Lipinski definition) is 8. The van der Waals surface area contributed by atoms with Gasteiger partial charge in [0.25, 0.3) is 5.69 Å². The first kappa shape index (κ1) is 19.8. The minimum atomic E-state index is -0.472. The summed E-state index contributed by atoms with van der Waals surface area (Å²) in [6.45, 7) is 0.655. The molecule has 0 unspecified atom stereocenters. The Kier molecular flexibility index (Phi) is 6.56. The molecule has 0 atom stereocenters. The van der Waals surface area contributed by atoms with Crippen LogP contribution in [0.5, 0.6) is 0 Å². The van der Waals surface area contributed by atoms with Gasteiger partial charge in [0.15, 0.2) is 4.34 Å². The quantitative estimate of drug-likeness (QED) is 0.339. The van der Waals surface area contributed by atoms with Crippen LogP contribution >= 0.6 is 23.1 Å². The first-order chi connectivity index (χ1) is 13.5. The lowest BCUT2D eigenvalue weighted by Crippen LogP contribution is -2.27. The maximum absolute atomic E-state index is 12.4. The number of nitro groups is 1. The number of rotatable bonds is 8. The number of nitro benzene ring substituents is 1. The van der Waals surface area contributed by atoms with E-state index in [1.807, 2.05) is 30.3 Å². The van der Waals surface area contributed by atoms with Crippen LogP contribution in [-0.4, -0.2) is 33.8 Å². The van der Waals surface area contributed by atoms with Crippen LogP contribution in [0.3, 0.4) is 0 Å². The summed E-state index contributed by atoms with van der Waals surface area (Å²) in [5.41, 5.74) is 1.73. The van der Waals surface area contributed by atoms with E-state index in [0.717, 1.165) is 5.56 Å². The number of amides is 1. The fraction of sp³-hybridized carbons (Fsp3) is 0.167. The predicted molar refractivity (Wildman–Crippen MR) is 111 cm³/mol. The molecule has 10 heteroatoms. The molecule has 0 spiro atoms. The Balaban J connectivity index is 1.50. The van der Waals surface area contributed by atoms with Crippen LogP contribution < -0.4 is 10.2 Å². The van der Waals surface area contributed by atoms with Crippen molar-refractivity contribution in [2.75, 3.05) is 23.0 Å². The molecule has 0 fully saturated rings. The molecule has 0 aliphatic rings. The maximum atomic E-state index is 12.4. The molecular weight excluding hydrogens is 398 g/mol. The molecule has 144 valence electrons. The van der Waals surface area contributed by atoms with Crippen molar-refractivity contribution < 1.29 is 9.72 Å². The Bertz CT molecular complexity index is 947. The lowest BCUT2D eigenvalue weighted by molar-refractivity contribution is -0.384. The number of non-ortho nitro benzene ring substituents is 1. The topological polar surface area (TPSA) is 101 Å². The number of nitrogens with zero attached hydrogens (tertiary/aromatic N) is 4. The van der Waals surface area contributed by atoms with Crippen molar-refractivity contribution in [2.45, 2.75) is 10.9 Å². The molecule has 1 heterocycles. The predicted octanol–water partition coefficient (Wildman–Crippen LogP) is 3.81. The van der Waals surface area contributed by atoms with Crippen LogP contribution in [0.15, 0.2) is 58.9 Å². The lowest BCUT2D eigenvalue weighted by atomic mass is 10.2. The van der Waals surface area contributed by atoms with Gasteiger partial charge in [0.05, 0.1) is 10.7 Å². The van der Waals surface area contributed by atoms with Gasteiger partial charge in [-0.05, 0) is 17.7 Å². The van der Waals surface area contributed by atoms with Crippen LogP contribution in [0, 0.1) is 10.1 Å². The van der Waals surface area contributed by atoms with Crippen LogP contribution in [0.1, 0.15) is 5.56 Å². The third kappa shape index (κ3) is 5.27. The van der Waals surface area contributed by atoms with E-state index in [0.29, 0.717) is 21.7 Å². The van der Waals surface area contributed by atoms with E-state index in [2.05, 4.69) is 15.5 Å². The van der Waals surface area contributed by atoms with Gasteiger partial charge in [0.2, 0.25) is 11.0 Å². The fourth-order valence-corrected chi connectivity index (χ4v) is 3.94. The van der Waals surface area contributed by atoms with Crippen molar-refractivity contribution >= 4 is 45.5 Å². The zero-order valence-corrected chi connectivity index (χ0v) is 16.6. The summed E-state index contributed by atoms with van der Waals surface area (Å²) >= 11 is 2.70. The van der Waals surface area contributed by atoms with Crippen LogP contribution in [-0.2, 0) is 11.3 Å². The Morgan fingerprint density at radius 1 is 1.18 bits per heavy atom. The molecule has 0 bridgehead atoms. The first-order valence-electron chi connectivity index (χ1n) is 8.28. The Labute approximate surface area is 169 Å². The molecule has 0 aliphatic carbocycles. The minimum absolute atomic E-state index is 0.0108. The SMILES string of the molecule is CN(C(=O)CSc1nnc(NCc2ccccc2)s1)c1ccc([N+](=O)[O-])cc1. The van der Waals surface area contributed by atoms with Crippen molar-refractivity contribution in [1.82, 2.24) is 10.2 Å². The summed E-state index contributed by atoms with van der Waals surface area (Å²) in [5, 5.41) is 22.8. The summed E-state index contributed by atoms with van der Waals surface area (Å²) in [6, 6.07) is 15.8. The zero-order chi connectivity index (χ0) is 19.9. The molecular formula is C18H17N5O3S2. The molecule has 8 nitrogen and oxygen atoms in total. The van der Waals surface area contributed by atoms with Crippen molar-refractivity contribution in [1.29, 1.82) is 0 Å². The second-order valence-electron chi connectivity index (χ2n) is 5.73. The zero-order valence-electron chi connectivity index (χ0n) is 14.9. The average molecular weight is 416 g/mol. The normalized spacial score (nSPS) is 10.5. The van der Waals surface area contributed by atoms with Gasteiger partial charge in [0.1, 0.15) is 0 Å². The van der Waals surface area contributed by atoms with Gasteiger partial charge in [-0.1, -0.05) is 53.4 Å². The number of anilines is 2. The van der Waals surface area contributed by atoms with E-state index in [4.69, 9.17) is 0 Å². The van der Waals surface area contributed by atoms with E-state index in [1.54, 1.807) is 19.2 Å². The minimum Gasteiger partial charge on any atom is -0.356 e. The molecule has 0 saturated carbocycles. The molecule has 3 rings (SSSR count). The standard InChI is InChI=1S/C18H17N5O3S2/c1-22(14-7-9-15(10-8-14)23(25)26)16(24)12-27-18-21-20-17(28-18)19-11-13-5-3-2-4-6-13/h2-10H,11-12H2,1H3,(H,19,20). The average Bonchev–Trinajstić information content (AvgIpc) is 3.18. The first-order valence-corrected chi connectivity index (χ1v) is 10.1. The fourth-order valence-electron chi connectivity index (χ4n) is 2.28. The van der Waals surface area contributed by atoms with Crippen LogP contribution in [0.4, 0.5) is 16.5 Å². The van der Waals surface area contributed by atoms with Crippen molar-refractivity contribution in [2.24, 2.45) is 0 Å². The van der Waals surface area contributed by atoms with E-state index >= 15 is 0 Å². The van der Waals surface area contributed by atoms with Crippen LogP contribution in [0.2, 0.25) is 0 Å². The molecule has 1 amide bonds. The second kappa shape index (κ2) is 9.29. The molecule has 2 aromatic carbocycles. The largest absolute Gasteiger partial charge is 0.356 e. The number of nitrogens with one attached hydrogen (secondary N) is 1. The highest BCUT2D eigenvalue weighted by atomic mass is 32.2. The van der Waals surface area contributed by atoms with Gasteiger partial charge in [0, 0.05) is 31.4 Å². The second-order valence-corrected chi connectivity index (χ2v) is 7.93. The highest BCUT2D eigenvalue weighted by molar-refractivity contribution is 8.01.